The lowest BCUT2D eigenvalue weighted by Gasteiger charge is -2.55. The summed E-state index contributed by atoms with van der Waals surface area (Å²) in [6.07, 6.45) is 0. The molecule has 1 unspecified atom stereocenters. The fraction of sp³-hybridized carbons (Fsp3) is 0.667. The molecule has 5 aliphatic carbocycles. The van der Waals surface area contributed by atoms with E-state index in [2.05, 4.69) is 0 Å². The van der Waals surface area contributed by atoms with E-state index in [1.807, 2.05) is 0 Å². The zero-order valence-electron chi connectivity index (χ0n) is 11.3. The normalized spacial score (nSPS) is 51.5. The van der Waals surface area contributed by atoms with Crippen LogP contribution in [0.3, 0.4) is 0 Å². The topological polar surface area (TPSA) is 0 Å². The predicted octanol–water partition coefficient (Wildman–Crippen LogP) is 5.07. The minimum absolute atomic E-state index is 3.60. The Kier molecular flexibility index (Phi) is 2.39. The molecule has 146 valence electrons. The summed E-state index contributed by atoms with van der Waals surface area (Å²) in [5, 5.41) is 0. The summed E-state index contributed by atoms with van der Waals surface area (Å²) < 4.78 is 195. The zero-order chi connectivity index (χ0) is 20.3. The number of halogens is 14. The minimum atomic E-state index is -6.98. The first-order valence-electron chi connectivity index (χ1n) is 6.40. The molecule has 0 aliphatic heterocycles. The van der Waals surface area contributed by atoms with Gasteiger partial charge in [-0.25, -0.2) is 35.1 Å². The van der Waals surface area contributed by atoms with Gasteiger partial charge >= 0.3 is 23.7 Å². The number of rotatable bonds is 0. The van der Waals surface area contributed by atoms with Crippen LogP contribution in [0.1, 0.15) is 0 Å². The third-order valence-electron chi connectivity index (χ3n) is 5.58. The summed E-state index contributed by atoms with van der Waals surface area (Å²) in [5.41, 5.74) is -28.2. The SMILES string of the molecule is FC1=C2C3(C(F)(F)[C@@]3(F)C1(F)F)[C@]1(F)C(F)=C(F)[C@]2(F)C(F)(F)C1(F)F. The van der Waals surface area contributed by atoms with Gasteiger partial charge in [0.25, 0.3) is 17.0 Å². The van der Waals surface area contributed by atoms with E-state index in [9.17, 15) is 61.5 Å². The quantitative estimate of drug-likeness (QED) is 0.490. The maximum atomic E-state index is 14.7. The number of allylic oxidation sites excluding steroid dienone is 4. The van der Waals surface area contributed by atoms with Gasteiger partial charge in [-0.1, -0.05) is 0 Å². The van der Waals surface area contributed by atoms with Crippen LogP contribution in [-0.2, 0) is 0 Å². The number of fused-ring (bicyclic) bond motifs is 1. The van der Waals surface area contributed by atoms with E-state index in [1.54, 1.807) is 0 Å². The molecule has 0 heterocycles. The number of hydrogen-bond donors (Lipinski definition) is 0. The highest BCUT2D eigenvalue weighted by atomic mass is 19.3. The van der Waals surface area contributed by atoms with Crippen molar-refractivity contribution in [2.45, 2.75) is 40.7 Å². The first kappa shape index (κ1) is 17.9. The van der Waals surface area contributed by atoms with E-state index in [4.69, 9.17) is 0 Å². The Hall–Kier alpha value is -1.50. The second kappa shape index (κ2) is 3.48. The third kappa shape index (κ3) is 0.917. The molecular weight excluding hydrogens is 410 g/mol. The zero-order valence-corrected chi connectivity index (χ0v) is 11.3. The van der Waals surface area contributed by atoms with Gasteiger partial charge in [-0.3, -0.25) is 0 Å². The van der Waals surface area contributed by atoms with Gasteiger partial charge in [-0.2, -0.15) is 26.3 Å². The van der Waals surface area contributed by atoms with Crippen LogP contribution in [0, 0.1) is 5.41 Å². The lowest BCUT2D eigenvalue weighted by Crippen LogP contribution is -2.79. The molecule has 0 aromatic rings. The summed E-state index contributed by atoms with van der Waals surface area (Å²) in [6.45, 7) is 0. The van der Waals surface area contributed by atoms with Gasteiger partial charge < -0.3 is 0 Å². The lowest BCUT2D eigenvalue weighted by molar-refractivity contribution is -0.350. The average molecular weight is 410 g/mol. The second-order valence-electron chi connectivity index (χ2n) is 6.34. The fourth-order valence-electron chi connectivity index (χ4n) is 4.40. The summed E-state index contributed by atoms with van der Waals surface area (Å²) in [4.78, 5) is 0. The maximum absolute atomic E-state index is 14.7. The minimum Gasteiger partial charge on any atom is -0.228 e. The van der Waals surface area contributed by atoms with Crippen molar-refractivity contribution >= 4 is 0 Å². The van der Waals surface area contributed by atoms with Crippen molar-refractivity contribution in [3.05, 3.63) is 23.1 Å². The first-order valence-corrected chi connectivity index (χ1v) is 6.40. The third-order valence-corrected chi connectivity index (χ3v) is 5.58. The van der Waals surface area contributed by atoms with E-state index in [-0.39, 0.29) is 0 Å². The van der Waals surface area contributed by atoms with Gasteiger partial charge in [0, 0.05) is 5.57 Å². The molecule has 0 aromatic heterocycles. The molecule has 0 radical (unpaired) electrons. The van der Waals surface area contributed by atoms with E-state index in [1.165, 1.54) is 0 Å². The van der Waals surface area contributed by atoms with Crippen LogP contribution in [0.15, 0.2) is 23.1 Å². The van der Waals surface area contributed by atoms with Crippen molar-refractivity contribution in [2.24, 2.45) is 5.41 Å². The van der Waals surface area contributed by atoms with Crippen LogP contribution in [0.4, 0.5) is 61.5 Å². The van der Waals surface area contributed by atoms with Gasteiger partial charge in [-0.15, -0.1) is 0 Å². The Labute approximate surface area is 132 Å². The highest BCUT2D eigenvalue weighted by Crippen LogP contribution is 2.95. The van der Waals surface area contributed by atoms with Crippen molar-refractivity contribution in [3.8, 4) is 0 Å². The van der Waals surface area contributed by atoms with Gasteiger partial charge in [0.15, 0.2) is 22.9 Å². The molecule has 14 heteroatoms. The standard InChI is InChI=1S/C12F14/c13-2-1-5(16)3(14)4(15)7(17,12(25,26)10(5,21)22)6(1)9(20,8(2,18)19)11(6,23)24/t5-,6?,7+,9-/m0/s1. The molecular formula is C12F14. The monoisotopic (exact) mass is 410 g/mol. The molecule has 0 saturated heterocycles. The molecule has 0 aromatic carbocycles. The van der Waals surface area contributed by atoms with Crippen molar-refractivity contribution in [1.29, 1.82) is 0 Å². The second-order valence-corrected chi connectivity index (χ2v) is 6.34. The van der Waals surface area contributed by atoms with Gasteiger partial charge in [0.05, 0.1) is 0 Å². The lowest BCUT2D eigenvalue weighted by atomic mass is 9.55. The average Bonchev–Trinajstić information content (AvgIpc) is 2.84. The Morgan fingerprint density at radius 2 is 0.962 bits per heavy atom. The van der Waals surface area contributed by atoms with Crippen LogP contribution >= 0.6 is 0 Å². The predicted molar refractivity (Wildman–Crippen MR) is 51.1 cm³/mol. The van der Waals surface area contributed by atoms with E-state index < -0.39 is 69.2 Å². The van der Waals surface area contributed by atoms with Crippen molar-refractivity contribution in [1.82, 2.24) is 0 Å². The Morgan fingerprint density at radius 1 is 0.500 bits per heavy atom. The Balaban J connectivity index is 2.31. The largest absolute Gasteiger partial charge is 0.357 e. The smallest absolute Gasteiger partial charge is 0.228 e. The highest BCUT2D eigenvalue weighted by Gasteiger charge is 3.19. The summed E-state index contributed by atoms with van der Waals surface area (Å²) >= 11 is 0. The Morgan fingerprint density at radius 3 is 1.42 bits per heavy atom. The molecule has 26 heavy (non-hydrogen) atoms. The van der Waals surface area contributed by atoms with Gasteiger partial charge in [0.2, 0.25) is 0 Å². The maximum Gasteiger partial charge on any atom is 0.357 e. The highest BCUT2D eigenvalue weighted by molar-refractivity contribution is 5.73. The molecule has 4 atom stereocenters. The molecule has 0 N–H and O–H groups in total. The van der Waals surface area contributed by atoms with Crippen LogP contribution < -0.4 is 0 Å². The van der Waals surface area contributed by atoms with Crippen LogP contribution in [0.2, 0.25) is 0 Å². The van der Waals surface area contributed by atoms with Crippen LogP contribution in [0.5, 0.6) is 0 Å². The van der Waals surface area contributed by atoms with Crippen LogP contribution in [0.25, 0.3) is 0 Å². The van der Waals surface area contributed by atoms with E-state index in [0.29, 0.717) is 0 Å². The van der Waals surface area contributed by atoms with E-state index in [0.717, 1.165) is 0 Å². The van der Waals surface area contributed by atoms with Gasteiger partial charge in [-0.05, 0) is 0 Å². The summed E-state index contributed by atoms with van der Waals surface area (Å²) in [6, 6.07) is 0. The first-order chi connectivity index (χ1) is 11.3. The molecule has 2 bridgehead atoms. The summed E-state index contributed by atoms with van der Waals surface area (Å²) in [5.74, 6) is -37.9. The summed E-state index contributed by atoms with van der Waals surface area (Å²) in [7, 11) is 0. The molecule has 2 saturated carbocycles. The molecule has 1 spiro atoms. The van der Waals surface area contributed by atoms with Crippen molar-refractivity contribution in [2.75, 3.05) is 0 Å². The van der Waals surface area contributed by atoms with Crippen molar-refractivity contribution in [3.63, 3.8) is 0 Å². The number of alkyl halides is 11. The molecule has 5 aliphatic rings. The van der Waals surface area contributed by atoms with Crippen LogP contribution in [-0.4, -0.2) is 40.7 Å². The molecule has 0 nitrogen and oxygen atoms in total. The van der Waals surface area contributed by atoms with Crippen molar-refractivity contribution < 1.29 is 61.5 Å². The molecule has 5 rings (SSSR count). The van der Waals surface area contributed by atoms with Gasteiger partial charge in [0.1, 0.15) is 0 Å². The molecule has 2 fully saturated rings. The Bertz CT molecular complexity index is 852. The van der Waals surface area contributed by atoms with E-state index >= 15 is 0 Å². The molecule has 0 amide bonds. The fourth-order valence-corrected chi connectivity index (χ4v) is 4.40. The number of hydrogen-bond acceptors (Lipinski definition) is 0.